The first-order valence-electron chi connectivity index (χ1n) is 11.7. The molecule has 0 bridgehead atoms. The Morgan fingerprint density at radius 2 is 2.03 bits per heavy atom. The molecule has 0 aromatic carbocycles. The minimum Gasteiger partial charge on any atom is -0.479 e. The van der Waals surface area contributed by atoms with E-state index in [2.05, 4.69) is 0 Å². The zero-order valence-corrected chi connectivity index (χ0v) is 18.5. The van der Waals surface area contributed by atoms with Crippen molar-refractivity contribution in [1.29, 1.82) is 0 Å². The van der Waals surface area contributed by atoms with Crippen LogP contribution in [0.4, 0.5) is 4.39 Å². The zero-order valence-electron chi connectivity index (χ0n) is 18.5. The van der Waals surface area contributed by atoms with Crippen LogP contribution < -0.4 is 0 Å². The number of aliphatic carboxylic acids is 1. The Morgan fingerprint density at radius 3 is 2.71 bits per heavy atom. The highest BCUT2D eigenvalue weighted by atomic mass is 19.1. The van der Waals surface area contributed by atoms with Crippen molar-refractivity contribution in [3.63, 3.8) is 0 Å². The van der Waals surface area contributed by atoms with Gasteiger partial charge in [0, 0.05) is 23.2 Å². The Hall–Kier alpha value is -1.31. The van der Waals surface area contributed by atoms with Gasteiger partial charge in [0.2, 0.25) is 0 Å². The zero-order chi connectivity index (χ0) is 22.4. The molecule has 7 heteroatoms. The van der Waals surface area contributed by atoms with Crippen LogP contribution >= 0.6 is 0 Å². The van der Waals surface area contributed by atoms with Crippen molar-refractivity contribution in [1.82, 2.24) is 0 Å². The van der Waals surface area contributed by atoms with Crippen molar-refractivity contribution in [2.75, 3.05) is 0 Å². The molecule has 31 heavy (non-hydrogen) atoms. The maximum atomic E-state index is 17.1. The van der Waals surface area contributed by atoms with Crippen molar-refractivity contribution in [3.05, 3.63) is 11.6 Å². The summed E-state index contributed by atoms with van der Waals surface area (Å²) >= 11 is 0. The van der Waals surface area contributed by atoms with E-state index in [-0.39, 0.29) is 24.5 Å². The van der Waals surface area contributed by atoms with Crippen LogP contribution in [0.2, 0.25) is 0 Å². The van der Waals surface area contributed by atoms with Gasteiger partial charge in [0.15, 0.2) is 17.7 Å². The first-order chi connectivity index (χ1) is 14.5. The molecular formula is C24H33FO6. The van der Waals surface area contributed by atoms with Crippen LogP contribution in [0.5, 0.6) is 0 Å². The third-order valence-electron chi connectivity index (χ3n) is 9.68. The number of allylic oxidation sites excluding steroid dienone is 1. The molecule has 6 nitrogen and oxygen atoms in total. The number of ketones is 1. The molecule has 9 atom stereocenters. The topological polar surface area (TPSA) is 93.1 Å². The largest absolute Gasteiger partial charge is 0.479 e. The summed E-state index contributed by atoms with van der Waals surface area (Å²) in [5, 5.41) is 21.7. The molecule has 0 amide bonds. The fraction of sp³-hybridized carbons (Fsp3) is 0.833. The minimum atomic E-state index is -1.90. The van der Waals surface area contributed by atoms with Gasteiger partial charge in [-0.25, -0.2) is 9.18 Å². The lowest BCUT2D eigenvalue weighted by atomic mass is 9.44. The van der Waals surface area contributed by atoms with Crippen molar-refractivity contribution in [3.8, 4) is 0 Å². The van der Waals surface area contributed by atoms with E-state index >= 15 is 4.39 Å². The summed E-state index contributed by atoms with van der Waals surface area (Å²) in [4.78, 5) is 24.7. The predicted molar refractivity (Wildman–Crippen MR) is 109 cm³/mol. The summed E-state index contributed by atoms with van der Waals surface area (Å²) in [5.74, 6) is -1.84. The number of aliphatic hydroxyl groups excluding tert-OH is 1. The summed E-state index contributed by atoms with van der Waals surface area (Å²) in [6.45, 7) is 5.68. The molecule has 1 heterocycles. The van der Waals surface area contributed by atoms with Crippen molar-refractivity contribution in [2.45, 2.75) is 102 Å². The Kier molecular flexibility index (Phi) is 4.59. The molecular weight excluding hydrogens is 403 g/mol. The van der Waals surface area contributed by atoms with Crippen LogP contribution in [0.15, 0.2) is 11.6 Å². The highest BCUT2D eigenvalue weighted by Crippen LogP contribution is 2.72. The van der Waals surface area contributed by atoms with Gasteiger partial charge in [-0.2, -0.15) is 0 Å². The van der Waals surface area contributed by atoms with Gasteiger partial charge in [-0.15, -0.1) is 0 Å². The van der Waals surface area contributed by atoms with E-state index in [9.17, 15) is 19.8 Å². The van der Waals surface area contributed by atoms with Gasteiger partial charge in [0.05, 0.1) is 6.10 Å². The third-order valence-corrected chi connectivity index (χ3v) is 9.68. The summed E-state index contributed by atoms with van der Waals surface area (Å²) in [6, 6.07) is 0. The second kappa shape index (κ2) is 6.61. The van der Waals surface area contributed by atoms with Crippen LogP contribution in [-0.2, 0) is 19.1 Å². The molecule has 4 fully saturated rings. The molecule has 2 N–H and O–H groups in total. The van der Waals surface area contributed by atoms with E-state index in [1.807, 2.05) is 20.8 Å². The highest BCUT2D eigenvalue weighted by Gasteiger charge is 2.80. The summed E-state index contributed by atoms with van der Waals surface area (Å²) < 4.78 is 29.4. The first-order valence-corrected chi connectivity index (χ1v) is 11.7. The Morgan fingerprint density at radius 1 is 1.29 bits per heavy atom. The molecule has 1 aliphatic heterocycles. The molecule has 5 aliphatic rings. The van der Waals surface area contributed by atoms with Crippen LogP contribution in [0.3, 0.4) is 0 Å². The molecule has 4 aliphatic carbocycles. The number of alkyl halides is 1. The number of rotatable bonds is 3. The average Bonchev–Trinajstić information content (AvgIpc) is 3.17. The molecule has 0 spiro atoms. The molecule has 0 unspecified atom stereocenters. The number of aliphatic hydroxyl groups is 1. The van der Waals surface area contributed by atoms with Gasteiger partial charge in [-0.3, -0.25) is 4.79 Å². The number of carbonyl (C=O) groups excluding carboxylic acids is 1. The molecule has 0 aromatic rings. The monoisotopic (exact) mass is 436 g/mol. The standard InChI is InChI=1S/C24H33FO6/c1-4-5-19-30-18-11-16-15-7-6-13-10-14(26)8-9-21(13,2)23(15,25)17(27)12-22(16,3)24(18,31-19)20(28)29/h10,15-19,27H,4-9,11-12H2,1-3H3,(H,28,29)/t15-,16-,17-,18+,19+,21-,22-,23-,24-/m0/s1. The number of hydrogen-bond donors (Lipinski definition) is 2. The van der Waals surface area contributed by atoms with E-state index in [1.165, 1.54) is 0 Å². The van der Waals surface area contributed by atoms with E-state index in [4.69, 9.17) is 9.47 Å². The third kappa shape index (κ3) is 2.38. The van der Waals surface area contributed by atoms with Gasteiger partial charge in [-0.1, -0.05) is 32.8 Å². The minimum absolute atomic E-state index is 0.00644. The van der Waals surface area contributed by atoms with Crippen LogP contribution in [0.25, 0.3) is 0 Å². The normalized spacial score (nSPS) is 53.3. The molecule has 3 saturated carbocycles. The fourth-order valence-electron chi connectivity index (χ4n) is 8.12. The van der Waals surface area contributed by atoms with Gasteiger partial charge >= 0.3 is 5.97 Å². The van der Waals surface area contributed by atoms with Crippen molar-refractivity contribution >= 4 is 11.8 Å². The molecule has 5 rings (SSSR count). The summed E-state index contributed by atoms with van der Waals surface area (Å²) in [7, 11) is 0. The smallest absolute Gasteiger partial charge is 0.339 e. The Bertz CT molecular complexity index is 857. The maximum absolute atomic E-state index is 17.1. The van der Waals surface area contributed by atoms with E-state index in [0.717, 1.165) is 12.0 Å². The van der Waals surface area contributed by atoms with Gasteiger partial charge in [0.1, 0.15) is 11.8 Å². The van der Waals surface area contributed by atoms with Gasteiger partial charge < -0.3 is 19.7 Å². The Labute approximate surface area is 182 Å². The number of halogens is 1. The number of carboxylic acid groups (broad SMARTS) is 1. The Balaban J connectivity index is 1.58. The van der Waals surface area contributed by atoms with E-state index in [0.29, 0.717) is 32.1 Å². The average molecular weight is 437 g/mol. The summed E-state index contributed by atoms with van der Waals surface area (Å²) in [6.07, 6.45) is 2.60. The first kappa shape index (κ1) is 21.5. The quantitative estimate of drug-likeness (QED) is 0.703. The lowest BCUT2D eigenvalue weighted by Crippen LogP contribution is -2.70. The van der Waals surface area contributed by atoms with Gasteiger partial charge in [-0.05, 0) is 50.5 Å². The second-order valence-electron chi connectivity index (χ2n) is 10.9. The van der Waals surface area contributed by atoms with E-state index in [1.54, 1.807) is 6.08 Å². The van der Waals surface area contributed by atoms with Crippen molar-refractivity contribution < 1.29 is 33.7 Å². The SMILES string of the molecule is CCC[C@@H]1O[C@@H]2C[C@H]3[C@@H]4CCC5=CC(=O)CC[C@]5(C)[C@@]4(F)[C@@H](O)C[C@]3(C)[C@]2(C(=O)O)O1. The highest BCUT2D eigenvalue weighted by molar-refractivity contribution is 5.91. The molecule has 0 aromatic heterocycles. The number of hydrogen-bond acceptors (Lipinski definition) is 5. The van der Waals surface area contributed by atoms with Crippen LogP contribution in [0, 0.1) is 22.7 Å². The lowest BCUT2D eigenvalue weighted by Gasteiger charge is -2.63. The number of fused-ring (bicyclic) bond motifs is 7. The molecule has 172 valence electrons. The molecule has 1 saturated heterocycles. The van der Waals surface area contributed by atoms with Crippen LogP contribution in [-0.4, -0.2) is 51.7 Å². The second-order valence-corrected chi connectivity index (χ2v) is 10.9. The maximum Gasteiger partial charge on any atom is 0.339 e. The van der Waals surface area contributed by atoms with Gasteiger partial charge in [0.25, 0.3) is 0 Å². The fourth-order valence-corrected chi connectivity index (χ4v) is 8.12. The number of carbonyl (C=O) groups is 2. The van der Waals surface area contributed by atoms with Crippen LogP contribution in [0.1, 0.15) is 72.1 Å². The lowest BCUT2D eigenvalue weighted by molar-refractivity contribution is -0.242. The predicted octanol–water partition coefficient (Wildman–Crippen LogP) is 3.56. The van der Waals surface area contributed by atoms with E-state index < -0.39 is 52.5 Å². The number of carboxylic acids is 1. The van der Waals surface area contributed by atoms with Crippen molar-refractivity contribution in [2.24, 2.45) is 22.7 Å². The summed E-state index contributed by atoms with van der Waals surface area (Å²) in [5.41, 5.74) is -4.52. The number of ether oxygens (including phenoxy) is 2. The molecule has 0 radical (unpaired) electrons.